The predicted molar refractivity (Wildman–Crippen MR) is 79.0 cm³/mol. The summed E-state index contributed by atoms with van der Waals surface area (Å²) in [6.07, 6.45) is -0.120. The van der Waals surface area contributed by atoms with Crippen LogP contribution in [0.2, 0.25) is 0 Å². The second-order valence-corrected chi connectivity index (χ2v) is 5.12. The van der Waals surface area contributed by atoms with E-state index in [0.29, 0.717) is 11.3 Å². The third kappa shape index (κ3) is 4.80. The summed E-state index contributed by atoms with van der Waals surface area (Å²) in [5, 5.41) is 20.3. The van der Waals surface area contributed by atoms with E-state index in [1.54, 1.807) is 31.3 Å². The maximum atomic E-state index is 12.2. The van der Waals surface area contributed by atoms with Crippen LogP contribution in [0.5, 0.6) is 0 Å². The van der Waals surface area contributed by atoms with Crippen LogP contribution in [-0.2, 0) is 4.79 Å². The number of nitrogens with zero attached hydrogens (tertiary/aromatic N) is 2. The summed E-state index contributed by atoms with van der Waals surface area (Å²) in [4.78, 5) is 24.3. The van der Waals surface area contributed by atoms with Crippen LogP contribution in [0.25, 0.3) is 0 Å². The first-order chi connectivity index (χ1) is 9.85. The van der Waals surface area contributed by atoms with Crippen molar-refractivity contribution in [3.63, 3.8) is 0 Å². The molecule has 0 aliphatic rings. The molecule has 1 unspecified atom stereocenters. The summed E-state index contributed by atoms with van der Waals surface area (Å²) in [5.74, 6) is -0.936. The summed E-state index contributed by atoms with van der Waals surface area (Å²) in [6, 6.07) is 7.77. The van der Waals surface area contributed by atoms with Crippen LogP contribution >= 0.6 is 0 Å². The zero-order valence-electron chi connectivity index (χ0n) is 12.3. The molecule has 6 nitrogen and oxygen atoms in total. The van der Waals surface area contributed by atoms with E-state index in [-0.39, 0.29) is 18.4 Å². The first kappa shape index (κ1) is 16.5. The number of carboxylic acids is 1. The summed E-state index contributed by atoms with van der Waals surface area (Å²) in [7, 11) is 1.59. The number of nitrogens with one attached hydrogen (secondary N) is 1. The van der Waals surface area contributed by atoms with E-state index >= 15 is 0 Å². The van der Waals surface area contributed by atoms with E-state index in [1.165, 1.54) is 4.90 Å². The van der Waals surface area contributed by atoms with Crippen LogP contribution in [0.1, 0.15) is 25.8 Å². The quantitative estimate of drug-likeness (QED) is 0.869. The molecule has 0 fully saturated rings. The first-order valence-electron chi connectivity index (χ1n) is 6.61. The lowest BCUT2D eigenvalue weighted by molar-refractivity contribution is -0.137. The van der Waals surface area contributed by atoms with Crippen LogP contribution in [0.4, 0.5) is 10.5 Å². The SMILES string of the molecule is CC(C)C(CC(=O)O)NC(=O)N(C)c1ccc(C#N)cc1. The Morgan fingerprint density at radius 1 is 1.33 bits per heavy atom. The van der Waals surface area contributed by atoms with Crippen LogP contribution in [-0.4, -0.2) is 30.2 Å². The molecule has 0 saturated carbocycles. The van der Waals surface area contributed by atoms with Crippen LogP contribution in [0.15, 0.2) is 24.3 Å². The molecule has 0 heterocycles. The van der Waals surface area contributed by atoms with Crippen LogP contribution < -0.4 is 10.2 Å². The largest absolute Gasteiger partial charge is 0.481 e. The number of rotatable bonds is 5. The van der Waals surface area contributed by atoms with Gasteiger partial charge in [-0.25, -0.2) is 4.79 Å². The molecule has 112 valence electrons. The number of nitriles is 1. The fraction of sp³-hybridized carbons (Fsp3) is 0.400. The number of aliphatic carboxylic acids is 1. The molecule has 2 N–H and O–H groups in total. The normalized spacial score (nSPS) is 11.6. The highest BCUT2D eigenvalue weighted by molar-refractivity contribution is 5.91. The number of anilines is 1. The first-order valence-corrected chi connectivity index (χ1v) is 6.61. The molecule has 21 heavy (non-hydrogen) atoms. The van der Waals surface area contributed by atoms with E-state index in [9.17, 15) is 9.59 Å². The fourth-order valence-electron chi connectivity index (χ4n) is 1.77. The van der Waals surface area contributed by atoms with Gasteiger partial charge in [-0.05, 0) is 30.2 Å². The Morgan fingerprint density at radius 2 is 1.90 bits per heavy atom. The van der Waals surface area contributed by atoms with Crippen molar-refractivity contribution in [2.75, 3.05) is 11.9 Å². The van der Waals surface area contributed by atoms with Gasteiger partial charge in [0.15, 0.2) is 0 Å². The fourth-order valence-corrected chi connectivity index (χ4v) is 1.77. The second-order valence-electron chi connectivity index (χ2n) is 5.12. The van der Waals surface area contributed by atoms with Gasteiger partial charge in [-0.2, -0.15) is 5.26 Å². The molecule has 0 radical (unpaired) electrons. The molecule has 2 amide bonds. The molecule has 6 heteroatoms. The molecular weight excluding hydrogens is 270 g/mol. The Labute approximate surface area is 124 Å². The Bertz CT molecular complexity index is 546. The average molecular weight is 289 g/mol. The number of benzene rings is 1. The molecule has 0 aromatic heterocycles. The average Bonchev–Trinajstić information content (AvgIpc) is 2.45. The van der Waals surface area contributed by atoms with Crippen LogP contribution in [0.3, 0.4) is 0 Å². The van der Waals surface area contributed by atoms with Crippen molar-refractivity contribution in [3.8, 4) is 6.07 Å². The van der Waals surface area contributed by atoms with Gasteiger partial charge in [0.1, 0.15) is 0 Å². The maximum absolute atomic E-state index is 12.2. The van der Waals surface area contributed by atoms with Gasteiger partial charge in [-0.3, -0.25) is 9.69 Å². The molecule has 1 rings (SSSR count). The topological polar surface area (TPSA) is 93.4 Å². The van der Waals surface area contributed by atoms with Gasteiger partial charge in [0, 0.05) is 18.8 Å². The summed E-state index contributed by atoms with van der Waals surface area (Å²) in [5.41, 5.74) is 1.14. The zero-order valence-corrected chi connectivity index (χ0v) is 12.3. The minimum Gasteiger partial charge on any atom is -0.481 e. The van der Waals surface area contributed by atoms with Gasteiger partial charge >= 0.3 is 12.0 Å². The third-order valence-corrected chi connectivity index (χ3v) is 3.20. The number of carbonyl (C=O) groups is 2. The Kier molecular flexibility index (Phi) is 5.73. The van der Waals surface area contributed by atoms with E-state index in [4.69, 9.17) is 10.4 Å². The zero-order chi connectivity index (χ0) is 16.0. The van der Waals surface area contributed by atoms with E-state index < -0.39 is 12.0 Å². The lowest BCUT2D eigenvalue weighted by Crippen LogP contribution is -2.46. The summed E-state index contributed by atoms with van der Waals surface area (Å²) in [6.45, 7) is 3.71. The summed E-state index contributed by atoms with van der Waals surface area (Å²) >= 11 is 0. The van der Waals surface area contributed by atoms with Gasteiger partial charge in [-0.1, -0.05) is 13.8 Å². The van der Waals surface area contributed by atoms with Gasteiger partial charge in [0.05, 0.1) is 18.1 Å². The number of urea groups is 1. The molecule has 0 aliphatic carbocycles. The standard InChI is InChI=1S/C15H19N3O3/c1-10(2)13(8-14(19)20)17-15(21)18(3)12-6-4-11(9-16)5-7-12/h4-7,10,13H,8H2,1-3H3,(H,17,21)(H,19,20). The Hall–Kier alpha value is -2.55. The molecule has 1 aromatic carbocycles. The lowest BCUT2D eigenvalue weighted by atomic mass is 10.0. The van der Waals surface area contributed by atoms with Crippen molar-refractivity contribution < 1.29 is 14.7 Å². The van der Waals surface area contributed by atoms with Crippen molar-refractivity contribution in [2.24, 2.45) is 5.92 Å². The summed E-state index contributed by atoms with van der Waals surface area (Å²) < 4.78 is 0. The highest BCUT2D eigenvalue weighted by atomic mass is 16.4. The third-order valence-electron chi connectivity index (χ3n) is 3.20. The van der Waals surface area contributed by atoms with Crippen molar-refractivity contribution in [3.05, 3.63) is 29.8 Å². The smallest absolute Gasteiger partial charge is 0.321 e. The van der Waals surface area contributed by atoms with Crippen molar-refractivity contribution in [1.82, 2.24) is 5.32 Å². The molecule has 0 saturated heterocycles. The van der Waals surface area contributed by atoms with Gasteiger partial charge in [0.2, 0.25) is 0 Å². The number of hydrogen-bond donors (Lipinski definition) is 2. The Balaban J connectivity index is 2.76. The monoisotopic (exact) mass is 289 g/mol. The minimum atomic E-state index is -0.949. The van der Waals surface area contributed by atoms with Crippen LogP contribution in [0, 0.1) is 17.2 Å². The van der Waals surface area contributed by atoms with Crippen molar-refractivity contribution in [2.45, 2.75) is 26.3 Å². The number of amides is 2. The van der Waals surface area contributed by atoms with Crippen molar-refractivity contribution >= 4 is 17.7 Å². The van der Waals surface area contributed by atoms with Crippen molar-refractivity contribution in [1.29, 1.82) is 5.26 Å². The minimum absolute atomic E-state index is 0.0133. The van der Waals surface area contributed by atoms with E-state index in [1.807, 2.05) is 19.9 Å². The maximum Gasteiger partial charge on any atom is 0.321 e. The van der Waals surface area contributed by atoms with Gasteiger partial charge in [0.25, 0.3) is 0 Å². The Morgan fingerprint density at radius 3 is 2.33 bits per heavy atom. The second kappa shape index (κ2) is 7.29. The molecular formula is C15H19N3O3. The molecule has 0 aliphatic heterocycles. The van der Waals surface area contributed by atoms with E-state index in [0.717, 1.165) is 0 Å². The highest BCUT2D eigenvalue weighted by Crippen LogP contribution is 2.14. The van der Waals surface area contributed by atoms with Gasteiger partial charge < -0.3 is 10.4 Å². The lowest BCUT2D eigenvalue weighted by Gasteiger charge is -2.25. The molecule has 0 spiro atoms. The van der Waals surface area contributed by atoms with E-state index in [2.05, 4.69) is 5.32 Å². The molecule has 1 atom stereocenters. The highest BCUT2D eigenvalue weighted by Gasteiger charge is 2.21. The molecule has 1 aromatic rings. The molecule has 0 bridgehead atoms. The van der Waals surface area contributed by atoms with Gasteiger partial charge in [-0.15, -0.1) is 0 Å². The number of hydrogen-bond acceptors (Lipinski definition) is 3. The predicted octanol–water partition coefficient (Wildman–Crippen LogP) is 2.20. The number of carbonyl (C=O) groups excluding carboxylic acids is 1. The number of carboxylic acid groups (broad SMARTS) is 1.